The zero-order chi connectivity index (χ0) is 17.3. The fourth-order valence-corrected chi connectivity index (χ4v) is 4.35. The van der Waals surface area contributed by atoms with Crippen molar-refractivity contribution in [3.8, 4) is 6.07 Å². The molecule has 0 aromatic carbocycles. The van der Waals surface area contributed by atoms with Gasteiger partial charge in [0.05, 0.1) is 18.2 Å². The Morgan fingerprint density at radius 3 is 2.83 bits per heavy atom. The van der Waals surface area contributed by atoms with Crippen LogP contribution in [0.5, 0.6) is 0 Å². The molecule has 2 aliphatic heterocycles. The number of rotatable bonds is 3. The number of piperazine rings is 1. The van der Waals surface area contributed by atoms with Crippen molar-refractivity contribution in [3.05, 3.63) is 22.4 Å². The highest BCUT2D eigenvalue weighted by atomic mass is 32.1. The lowest BCUT2D eigenvalue weighted by Gasteiger charge is -2.48. The molecule has 2 aliphatic rings. The van der Waals surface area contributed by atoms with Gasteiger partial charge in [0.2, 0.25) is 5.91 Å². The Hall–Kier alpha value is -1.91. The number of thiophene rings is 1. The summed E-state index contributed by atoms with van der Waals surface area (Å²) < 4.78 is 0. The van der Waals surface area contributed by atoms with Crippen molar-refractivity contribution >= 4 is 23.2 Å². The van der Waals surface area contributed by atoms with Crippen molar-refractivity contribution in [2.24, 2.45) is 0 Å². The first-order valence-electron chi connectivity index (χ1n) is 8.24. The minimum atomic E-state index is -0.746. The van der Waals surface area contributed by atoms with E-state index < -0.39 is 5.54 Å². The maximum atomic E-state index is 13.2. The van der Waals surface area contributed by atoms with E-state index in [0.29, 0.717) is 38.2 Å². The second kappa shape index (κ2) is 6.54. The molecule has 1 atom stereocenters. The molecule has 0 bridgehead atoms. The summed E-state index contributed by atoms with van der Waals surface area (Å²) in [4.78, 5) is 31.4. The minimum Gasteiger partial charge on any atom is -0.337 e. The molecule has 0 aliphatic carbocycles. The summed E-state index contributed by atoms with van der Waals surface area (Å²) in [5.41, 5.74) is -0.0722. The average molecular weight is 346 g/mol. The van der Waals surface area contributed by atoms with Crippen LogP contribution in [0.25, 0.3) is 0 Å². The highest BCUT2D eigenvalue weighted by molar-refractivity contribution is 7.08. The summed E-state index contributed by atoms with van der Waals surface area (Å²) >= 11 is 1.49. The third kappa shape index (κ3) is 2.70. The zero-order valence-corrected chi connectivity index (χ0v) is 14.9. The van der Waals surface area contributed by atoms with Crippen molar-refractivity contribution in [2.45, 2.75) is 31.8 Å². The van der Waals surface area contributed by atoms with Crippen molar-refractivity contribution < 1.29 is 9.59 Å². The summed E-state index contributed by atoms with van der Waals surface area (Å²) in [5, 5.41) is 12.9. The van der Waals surface area contributed by atoms with Crippen molar-refractivity contribution in [1.29, 1.82) is 5.26 Å². The molecule has 3 rings (SSSR count). The van der Waals surface area contributed by atoms with E-state index in [2.05, 4.69) is 6.07 Å². The van der Waals surface area contributed by atoms with Gasteiger partial charge >= 0.3 is 0 Å². The smallest absolute Gasteiger partial charge is 0.254 e. The molecule has 2 amide bonds. The summed E-state index contributed by atoms with van der Waals surface area (Å²) in [6.45, 7) is 6.47. The van der Waals surface area contributed by atoms with Gasteiger partial charge in [0.15, 0.2) is 0 Å². The molecule has 128 valence electrons. The molecule has 24 heavy (non-hydrogen) atoms. The highest BCUT2D eigenvalue weighted by Crippen LogP contribution is 2.34. The first-order chi connectivity index (χ1) is 11.5. The van der Waals surface area contributed by atoms with Crippen molar-refractivity contribution in [1.82, 2.24) is 14.7 Å². The van der Waals surface area contributed by atoms with Crippen LogP contribution in [0.15, 0.2) is 16.8 Å². The molecule has 2 fully saturated rings. The molecular weight excluding hydrogens is 324 g/mol. The zero-order valence-electron chi connectivity index (χ0n) is 14.1. The van der Waals surface area contributed by atoms with Gasteiger partial charge in [-0.05, 0) is 31.7 Å². The van der Waals surface area contributed by atoms with Crippen LogP contribution in [0.3, 0.4) is 0 Å². The standard InChI is InChI=1S/C17H22N4O2S/c1-13(2)21-9-8-20(7-5-18)17(16(21)23)4-6-19(12-17)15(22)14-3-10-24-11-14/h3,10-11,13H,4,6-9,12H2,1-2H3/t17-/m0/s1. The Bertz CT molecular complexity index is 667. The largest absolute Gasteiger partial charge is 0.337 e. The Labute approximate surface area is 146 Å². The van der Waals surface area contributed by atoms with Gasteiger partial charge in [-0.15, -0.1) is 0 Å². The van der Waals surface area contributed by atoms with Crippen molar-refractivity contribution in [3.63, 3.8) is 0 Å². The Balaban J connectivity index is 1.86. The quantitative estimate of drug-likeness (QED) is 0.776. The molecule has 0 saturated carbocycles. The van der Waals surface area contributed by atoms with Gasteiger partial charge in [-0.1, -0.05) is 0 Å². The number of nitriles is 1. The number of hydrogen-bond acceptors (Lipinski definition) is 5. The lowest BCUT2D eigenvalue weighted by atomic mass is 9.90. The van der Waals surface area contributed by atoms with E-state index in [1.165, 1.54) is 11.3 Å². The first kappa shape index (κ1) is 16.9. The molecule has 7 heteroatoms. The summed E-state index contributed by atoms with van der Waals surface area (Å²) in [6.07, 6.45) is 0.590. The van der Waals surface area contributed by atoms with E-state index >= 15 is 0 Å². The number of amides is 2. The van der Waals surface area contributed by atoms with Crippen LogP contribution in [-0.4, -0.2) is 70.8 Å². The molecule has 1 spiro atoms. The van der Waals surface area contributed by atoms with Crippen LogP contribution in [0.4, 0.5) is 0 Å². The molecule has 0 radical (unpaired) electrons. The number of likely N-dealkylation sites (tertiary alicyclic amines) is 1. The van der Waals surface area contributed by atoms with Gasteiger partial charge in [-0.25, -0.2) is 0 Å². The molecule has 0 unspecified atom stereocenters. The monoisotopic (exact) mass is 346 g/mol. The lowest BCUT2D eigenvalue weighted by Crippen LogP contribution is -2.68. The summed E-state index contributed by atoms with van der Waals surface area (Å²) in [6, 6.07) is 4.12. The Kier molecular flexibility index (Phi) is 4.61. The van der Waals surface area contributed by atoms with E-state index in [1.807, 2.05) is 40.5 Å². The number of hydrogen-bond donors (Lipinski definition) is 0. The van der Waals surface area contributed by atoms with Gasteiger partial charge in [0.25, 0.3) is 5.91 Å². The summed E-state index contributed by atoms with van der Waals surface area (Å²) in [7, 11) is 0. The van der Waals surface area contributed by atoms with Gasteiger partial charge in [-0.3, -0.25) is 14.5 Å². The van der Waals surface area contributed by atoms with Gasteiger partial charge in [-0.2, -0.15) is 16.6 Å². The summed E-state index contributed by atoms with van der Waals surface area (Å²) in [5.74, 6) is 0.0270. The molecule has 0 N–H and O–H groups in total. The van der Waals surface area contributed by atoms with Gasteiger partial charge in [0.1, 0.15) is 5.54 Å². The topological polar surface area (TPSA) is 67.7 Å². The highest BCUT2D eigenvalue weighted by Gasteiger charge is 2.54. The van der Waals surface area contributed by atoms with Crippen LogP contribution in [0.1, 0.15) is 30.6 Å². The van der Waals surface area contributed by atoms with Gasteiger partial charge < -0.3 is 9.80 Å². The molecule has 3 heterocycles. The molecular formula is C17H22N4O2S. The third-order valence-electron chi connectivity index (χ3n) is 5.06. The Morgan fingerprint density at radius 1 is 1.42 bits per heavy atom. The fourth-order valence-electron chi connectivity index (χ4n) is 3.72. The first-order valence-corrected chi connectivity index (χ1v) is 9.18. The molecule has 1 aromatic rings. The van der Waals surface area contributed by atoms with Crippen LogP contribution < -0.4 is 0 Å². The number of carbonyl (C=O) groups excluding carboxylic acids is 2. The predicted octanol–water partition coefficient (Wildman–Crippen LogP) is 1.41. The Morgan fingerprint density at radius 2 is 2.21 bits per heavy atom. The van der Waals surface area contributed by atoms with E-state index in [9.17, 15) is 9.59 Å². The maximum Gasteiger partial charge on any atom is 0.254 e. The van der Waals surface area contributed by atoms with Gasteiger partial charge in [0, 0.05) is 37.6 Å². The average Bonchev–Trinajstić information content (AvgIpc) is 3.22. The predicted molar refractivity (Wildman–Crippen MR) is 91.6 cm³/mol. The number of nitrogens with zero attached hydrogens (tertiary/aromatic N) is 4. The molecule has 1 aromatic heterocycles. The van der Waals surface area contributed by atoms with E-state index in [-0.39, 0.29) is 24.4 Å². The fraction of sp³-hybridized carbons (Fsp3) is 0.588. The molecule has 6 nitrogen and oxygen atoms in total. The van der Waals surface area contributed by atoms with Crippen LogP contribution in [0, 0.1) is 11.3 Å². The number of carbonyl (C=O) groups is 2. The van der Waals surface area contributed by atoms with Crippen LogP contribution in [0.2, 0.25) is 0 Å². The van der Waals surface area contributed by atoms with Crippen molar-refractivity contribution in [2.75, 3.05) is 32.7 Å². The minimum absolute atomic E-state index is 0.0282. The van der Waals surface area contributed by atoms with E-state index in [1.54, 1.807) is 4.90 Å². The van der Waals surface area contributed by atoms with Crippen LogP contribution >= 0.6 is 11.3 Å². The normalized spacial score (nSPS) is 24.8. The third-order valence-corrected chi connectivity index (χ3v) is 5.75. The maximum absolute atomic E-state index is 13.2. The van der Waals surface area contributed by atoms with E-state index in [4.69, 9.17) is 5.26 Å². The molecule has 2 saturated heterocycles. The lowest BCUT2D eigenvalue weighted by molar-refractivity contribution is -0.152. The second-order valence-corrected chi connectivity index (χ2v) is 7.47. The second-order valence-electron chi connectivity index (χ2n) is 6.69. The van der Waals surface area contributed by atoms with Crippen LogP contribution in [-0.2, 0) is 4.79 Å². The SMILES string of the molecule is CC(C)N1CCN(CC#N)[C@]2(CCN(C(=O)c3ccsc3)C2)C1=O. The van der Waals surface area contributed by atoms with E-state index in [0.717, 1.165) is 0 Å².